The molecule has 0 bridgehead atoms. The summed E-state index contributed by atoms with van der Waals surface area (Å²) in [5.74, 6) is -0.433. The van der Waals surface area contributed by atoms with E-state index in [1.54, 1.807) is 80.2 Å². The summed E-state index contributed by atoms with van der Waals surface area (Å²) in [7, 11) is 1.56. The molecule has 1 saturated heterocycles. The monoisotopic (exact) mass is 456 g/mol. The number of nitrogens with zero attached hydrogens (tertiary/aromatic N) is 2. The minimum absolute atomic E-state index is 0.0267. The maximum atomic E-state index is 13.2. The minimum atomic E-state index is -0.775. The maximum Gasteiger partial charge on any atom is 0.295 e. The number of benzene rings is 2. The van der Waals surface area contributed by atoms with Crippen LogP contribution in [0.3, 0.4) is 0 Å². The molecule has 0 radical (unpaired) electrons. The summed E-state index contributed by atoms with van der Waals surface area (Å²) in [6.45, 7) is 4.13. The molecule has 0 unspecified atom stereocenters. The van der Waals surface area contributed by atoms with E-state index in [9.17, 15) is 14.7 Å². The number of hydrogen-bond donors (Lipinski definition) is 1. The number of carbonyl (C=O) groups is 2. The topological polar surface area (TPSA) is 89.0 Å². The average molecular weight is 456 g/mol. The van der Waals surface area contributed by atoms with E-state index >= 15 is 0 Å². The van der Waals surface area contributed by atoms with E-state index in [0.29, 0.717) is 29.2 Å². The van der Waals surface area contributed by atoms with Crippen LogP contribution < -0.4 is 9.47 Å². The van der Waals surface area contributed by atoms with Crippen molar-refractivity contribution in [3.63, 3.8) is 0 Å². The van der Waals surface area contributed by atoms with Crippen LogP contribution in [0.1, 0.15) is 22.7 Å². The number of aliphatic hydroxyl groups excluding tert-OH is 1. The van der Waals surface area contributed by atoms with Crippen molar-refractivity contribution in [3.8, 4) is 11.5 Å². The van der Waals surface area contributed by atoms with Crippen molar-refractivity contribution < 1.29 is 24.2 Å². The molecule has 0 spiro atoms. The molecule has 0 aliphatic carbocycles. The summed E-state index contributed by atoms with van der Waals surface area (Å²) in [4.78, 5) is 31.8. The van der Waals surface area contributed by atoms with E-state index in [4.69, 9.17) is 9.47 Å². The van der Waals surface area contributed by atoms with Crippen LogP contribution in [0.4, 0.5) is 0 Å². The van der Waals surface area contributed by atoms with Crippen LogP contribution in [0, 0.1) is 0 Å². The zero-order chi connectivity index (χ0) is 24.1. The highest BCUT2D eigenvalue weighted by Crippen LogP contribution is 2.40. The lowest BCUT2D eigenvalue weighted by atomic mass is 9.95. The largest absolute Gasteiger partial charge is 0.507 e. The normalized spacial score (nSPS) is 17.0. The lowest BCUT2D eigenvalue weighted by Crippen LogP contribution is -2.29. The summed E-state index contributed by atoms with van der Waals surface area (Å²) in [6.07, 6.45) is 4.92. The van der Waals surface area contributed by atoms with Gasteiger partial charge in [0.1, 0.15) is 23.9 Å². The second-order valence-corrected chi connectivity index (χ2v) is 7.69. The lowest BCUT2D eigenvalue weighted by molar-refractivity contribution is -0.140. The first-order valence-electron chi connectivity index (χ1n) is 10.7. The lowest BCUT2D eigenvalue weighted by Gasteiger charge is -2.25. The fraction of sp³-hybridized carbons (Fsp3) is 0.148. The highest BCUT2D eigenvalue weighted by atomic mass is 16.5. The molecule has 1 N–H and O–H groups in total. The number of carbonyl (C=O) groups excluding carboxylic acids is 2. The predicted octanol–water partition coefficient (Wildman–Crippen LogP) is 4.28. The van der Waals surface area contributed by atoms with E-state index in [-0.39, 0.29) is 17.9 Å². The molecule has 1 aromatic heterocycles. The Labute approximate surface area is 197 Å². The number of aromatic nitrogens is 1. The third kappa shape index (κ3) is 4.54. The van der Waals surface area contributed by atoms with Gasteiger partial charge in [-0.05, 0) is 53.6 Å². The first-order chi connectivity index (χ1) is 16.5. The van der Waals surface area contributed by atoms with Gasteiger partial charge >= 0.3 is 0 Å². The molecule has 1 atom stereocenters. The Morgan fingerprint density at radius 1 is 1.09 bits per heavy atom. The number of methoxy groups -OCH3 is 1. The first-order valence-corrected chi connectivity index (χ1v) is 10.7. The van der Waals surface area contributed by atoms with Gasteiger partial charge in [-0.2, -0.15) is 0 Å². The van der Waals surface area contributed by atoms with Gasteiger partial charge in [0.15, 0.2) is 0 Å². The van der Waals surface area contributed by atoms with Crippen molar-refractivity contribution >= 4 is 17.4 Å². The number of rotatable bonds is 8. The number of hydrogen-bond acceptors (Lipinski definition) is 6. The smallest absolute Gasteiger partial charge is 0.295 e. The number of ketones is 1. The third-order valence-electron chi connectivity index (χ3n) is 5.54. The quantitative estimate of drug-likeness (QED) is 0.236. The number of likely N-dealkylation sites (tertiary alicyclic amines) is 1. The fourth-order valence-corrected chi connectivity index (χ4v) is 3.88. The molecule has 34 heavy (non-hydrogen) atoms. The first kappa shape index (κ1) is 22.8. The standard InChI is InChI=1S/C27H24N2O5/c1-3-15-34-22-12-8-20(9-13-22)25(30)23-24(19-6-10-21(33-2)11-7-19)29(27(32)26(23)31)17-18-5-4-14-28-16-18/h3-14,16,24,30H,1,15,17H2,2H3/b25-23+/t24-/m1/s1. The number of aliphatic hydroxyl groups is 1. The maximum absolute atomic E-state index is 13.2. The van der Waals surface area contributed by atoms with Crippen molar-refractivity contribution in [2.24, 2.45) is 0 Å². The van der Waals surface area contributed by atoms with E-state index < -0.39 is 17.7 Å². The molecule has 0 saturated carbocycles. The summed E-state index contributed by atoms with van der Waals surface area (Å²) >= 11 is 0. The Bertz CT molecular complexity index is 1220. The zero-order valence-electron chi connectivity index (χ0n) is 18.7. The Balaban J connectivity index is 1.78. The van der Waals surface area contributed by atoms with Crippen LogP contribution in [0.25, 0.3) is 5.76 Å². The molecule has 1 amide bonds. The van der Waals surface area contributed by atoms with Crippen molar-refractivity contribution in [3.05, 3.63) is 108 Å². The van der Waals surface area contributed by atoms with Gasteiger partial charge in [-0.1, -0.05) is 30.9 Å². The molecular formula is C27H24N2O5. The van der Waals surface area contributed by atoms with Gasteiger partial charge in [0.25, 0.3) is 11.7 Å². The van der Waals surface area contributed by atoms with Crippen LogP contribution >= 0.6 is 0 Å². The highest BCUT2D eigenvalue weighted by molar-refractivity contribution is 6.46. The van der Waals surface area contributed by atoms with Gasteiger partial charge in [-0.3, -0.25) is 14.6 Å². The van der Waals surface area contributed by atoms with E-state index in [1.807, 2.05) is 6.07 Å². The summed E-state index contributed by atoms with van der Waals surface area (Å²) in [5.41, 5.74) is 1.88. The summed E-state index contributed by atoms with van der Waals surface area (Å²) < 4.78 is 10.7. The van der Waals surface area contributed by atoms with E-state index in [2.05, 4.69) is 11.6 Å². The third-order valence-corrected chi connectivity index (χ3v) is 5.54. The Hall–Kier alpha value is -4.39. The summed E-state index contributed by atoms with van der Waals surface area (Å²) in [5, 5.41) is 11.2. The van der Waals surface area contributed by atoms with Crippen LogP contribution in [-0.4, -0.2) is 40.4 Å². The Kier molecular flexibility index (Phi) is 6.73. The molecule has 2 aromatic carbocycles. The average Bonchev–Trinajstić information content (AvgIpc) is 3.13. The zero-order valence-corrected chi connectivity index (χ0v) is 18.7. The number of amides is 1. The van der Waals surface area contributed by atoms with Gasteiger partial charge in [-0.15, -0.1) is 0 Å². The second kappa shape index (κ2) is 10.0. The van der Waals surface area contributed by atoms with Crippen molar-refractivity contribution in [2.75, 3.05) is 13.7 Å². The Morgan fingerprint density at radius 3 is 2.41 bits per heavy atom. The SMILES string of the molecule is C=CCOc1ccc(/C(O)=C2\C(=O)C(=O)N(Cc3cccnc3)[C@@H]2c2ccc(OC)cc2)cc1. The van der Waals surface area contributed by atoms with Crippen molar-refractivity contribution in [1.29, 1.82) is 0 Å². The molecule has 1 aliphatic rings. The van der Waals surface area contributed by atoms with Crippen LogP contribution in [0.5, 0.6) is 11.5 Å². The molecular weight excluding hydrogens is 432 g/mol. The van der Waals surface area contributed by atoms with Gasteiger partial charge in [0.2, 0.25) is 0 Å². The van der Waals surface area contributed by atoms with Crippen molar-refractivity contribution in [2.45, 2.75) is 12.6 Å². The number of Topliss-reactive ketones (excluding diaryl/α,β-unsaturated/α-hetero) is 1. The van der Waals surface area contributed by atoms with Gasteiger partial charge in [0, 0.05) is 24.5 Å². The van der Waals surface area contributed by atoms with Gasteiger partial charge in [-0.25, -0.2) is 0 Å². The van der Waals surface area contributed by atoms with Crippen LogP contribution in [-0.2, 0) is 16.1 Å². The van der Waals surface area contributed by atoms with Crippen molar-refractivity contribution in [1.82, 2.24) is 9.88 Å². The molecule has 3 aromatic rings. The number of ether oxygens (including phenoxy) is 2. The highest BCUT2D eigenvalue weighted by Gasteiger charge is 2.46. The minimum Gasteiger partial charge on any atom is -0.507 e. The van der Waals surface area contributed by atoms with Gasteiger partial charge in [0.05, 0.1) is 18.7 Å². The number of pyridine rings is 1. The molecule has 2 heterocycles. The van der Waals surface area contributed by atoms with Gasteiger partial charge < -0.3 is 19.5 Å². The molecule has 1 aliphatic heterocycles. The van der Waals surface area contributed by atoms with E-state index in [0.717, 1.165) is 5.56 Å². The van der Waals surface area contributed by atoms with E-state index in [1.165, 1.54) is 4.90 Å². The van der Waals surface area contributed by atoms with Crippen LogP contribution in [0.15, 0.2) is 91.3 Å². The van der Waals surface area contributed by atoms with Crippen LogP contribution in [0.2, 0.25) is 0 Å². The molecule has 172 valence electrons. The molecule has 7 nitrogen and oxygen atoms in total. The molecule has 7 heteroatoms. The summed E-state index contributed by atoms with van der Waals surface area (Å²) in [6, 6.07) is 16.6. The molecule has 1 fully saturated rings. The Morgan fingerprint density at radius 2 is 1.79 bits per heavy atom. The molecule has 4 rings (SSSR count). The fourth-order valence-electron chi connectivity index (χ4n) is 3.88. The predicted molar refractivity (Wildman–Crippen MR) is 127 cm³/mol. The second-order valence-electron chi connectivity index (χ2n) is 7.69.